The van der Waals surface area contributed by atoms with E-state index in [0.717, 1.165) is 38.0 Å². The minimum absolute atomic E-state index is 0.0387. The third-order valence-corrected chi connectivity index (χ3v) is 5.36. The molecule has 2 fully saturated rings. The van der Waals surface area contributed by atoms with Gasteiger partial charge in [-0.25, -0.2) is 4.79 Å². The van der Waals surface area contributed by atoms with Crippen LogP contribution >= 0.6 is 0 Å². The minimum Gasteiger partial charge on any atom is -0.339 e. The van der Waals surface area contributed by atoms with Gasteiger partial charge in [0.15, 0.2) is 0 Å². The fourth-order valence-corrected chi connectivity index (χ4v) is 3.89. The lowest BCUT2D eigenvalue weighted by atomic mass is 10.1. The Morgan fingerprint density at radius 1 is 1.16 bits per heavy atom. The number of rotatable bonds is 5. The zero-order chi connectivity index (χ0) is 17.6. The molecule has 3 rings (SSSR count). The Hall–Kier alpha value is -2.04. The van der Waals surface area contributed by atoms with Gasteiger partial charge in [0.25, 0.3) is 5.91 Å². The van der Waals surface area contributed by atoms with E-state index in [2.05, 4.69) is 5.32 Å². The first kappa shape index (κ1) is 17.8. The lowest BCUT2D eigenvalue weighted by molar-refractivity contribution is 0.0792. The quantitative estimate of drug-likeness (QED) is 0.892. The van der Waals surface area contributed by atoms with Crippen molar-refractivity contribution in [3.8, 4) is 0 Å². The Morgan fingerprint density at radius 3 is 2.60 bits per heavy atom. The molecule has 1 saturated carbocycles. The molecule has 3 amide bonds. The summed E-state index contributed by atoms with van der Waals surface area (Å²) in [5.41, 5.74) is 1.68. The van der Waals surface area contributed by atoms with Crippen LogP contribution in [0.15, 0.2) is 24.3 Å². The van der Waals surface area contributed by atoms with E-state index >= 15 is 0 Å². The summed E-state index contributed by atoms with van der Waals surface area (Å²) in [6, 6.07) is 7.57. The van der Waals surface area contributed by atoms with Crippen molar-refractivity contribution in [1.29, 1.82) is 0 Å². The lowest BCUT2D eigenvalue weighted by Crippen LogP contribution is -2.39. The van der Waals surface area contributed by atoms with Crippen molar-refractivity contribution in [3.63, 3.8) is 0 Å². The average Bonchev–Trinajstić information content (AvgIpc) is 3.33. The van der Waals surface area contributed by atoms with E-state index in [1.807, 2.05) is 36.2 Å². The van der Waals surface area contributed by atoms with Crippen molar-refractivity contribution in [2.24, 2.45) is 5.92 Å². The third kappa shape index (κ3) is 4.74. The second-order valence-electron chi connectivity index (χ2n) is 7.39. The molecule has 1 aliphatic carbocycles. The molecule has 1 aliphatic heterocycles. The first-order chi connectivity index (χ1) is 12.1. The summed E-state index contributed by atoms with van der Waals surface area (Å²) in [5, 5.41) is 2.97. The zero-order valence-electron chi connectivity index (χ0n) is 15.2. The van der Waals surface area contributed by atoms with E-state index in [-0.39, 0.29) is 11.9 Å². The lowest BCUT2D eigenvalue weighted by Gasteiger charge is -2.21. The van der Waals surface area contributed by atoms with E-state index in [1.165, 1.54) is 25.7 Å². The summed E-state index contributed by atoms with van der Waals surface area (Å²) >= 11 is 0. The van der Waals surface area contributed by atoms with Crippen LogP contribution in [0.3, 0.4) is 0 Å². The van der Waals surface area contributed by atoms with Crippen LogP contribution in [-0.4, -0.2) is 48.4 Å². The molecule has 25 heavy (non-hydrogen) atoms. The zero-order valence-corrected chi connectivity index (χ0v) is 15.2. The Balaban J connectivity index is 1.51. The van der Waals surface area contributed by atoms with Crippen LogP contribution in [0.2, 0.25) is 0 Å². The van der Waals surface area contributed by atoms with Gasteiger partial charge in [-0.3, -0.25) is 4.79 Å². The highest BCUT2D eigenvalue weighted by Gasteiger charge is 2.20. The average molecular weight is 343 g/mol. The number of likely N-dealkylation sites (tertiary alicyclic amines) is 1. The Labute approximate surface area is 150 Å². The topological polar surface area (TPSA) is 52.7 Å². The molecule has 1 aromatic carbocycles. The van der Waals surface area contributed by atoms with Gasteiger partial charge in [-0.15, -0.1) is 0 Å². The smallest absolute Gasteiger partial charge is 0.317 e. The molecule has 5 heteroatoms. The summed E-state index contributed by atoms with van der Waals surface area (Å²) in [6.45, 7) is 2.99. The third-order valence-electron chi connectivity index (χ3n) is 5.36. The monoisotopic (exact) mass is 343 g/mol. The van der Waals surface area contributed by atoms with Crippen molar-refractivity contribution in [2.45, 2.75) is 45.1 Å². The number of nitrogens with zero attached hydrogens (tertiary/aromatic N) is 2. The van der Waals surface area contributed by atoms with Gasteiger partial charge in [0.05, 0.1) is 0 Å². The molecule has 1 aromatic rings. The van der Waals surface area contributed by atoms with Gasteiger partial charge >= 0.3 is 6.03 Å². The van der Waals surface area contributed by atoms with Gasteiger partial charge in [-0.05, 0) is 49.3 Å². The van der Waals surface area contributed by atoms with Crippen molar-refractivity contribution in [2.75, 3.05) is 26.7 Å². The molecule has 136 valence electrons. The highest BCUT2D eigenvalue weighted by Crippen LogP contribution is 2.25. The number of urea groups is 1. The first-order valence-electron chi connectivity index (χ1n) is 9.50. The van der Waals surface area contributed by atoms with E-state index in [1.54, 1.807) is 4.90 Å². The fraction of sp³-hybridized carbons (Fsp3) is 0.600. The second-order valence-corrected chi connectivity index (χ2v) is 7.39. The molecule has 2 aliphatic rings. The molecular weight excluding hydrogens is 314 g/mol. The summed E-state index contributed by atoms with van der Waals surface area (Å²) in [4.78, 5) is 28.4. The van der Waals surface area contributed by atoms with Crippen molar-refractivity contribution >= 4 is 11.9 Å². The minimum atomic E-state index is -0.0387. The standard InChI is InChI=1S/C20H29N3O2/c1-22(15-16-7-2-3-8-16)20(25)21-14-17-9-6-10-18(13-17)19(24)23-11-4-5-12-23/h6,9-10,13,16H,2-5,7-8,11-12,14-15H2,1H3,(H,21,25). The van der Waals surface area contributed by atoms with Crippen LogP contribution < -0.4 is 5.32 Å². The predicted molar refractivity (Wildman–Crippen MR) is 98.4 cm³/mol. The van der Waals surface area contributed by atoms with Crippen molar-refractivity contribution < 1.29 is 9.59 Å². The van der Waals surface area contributed by atoms with Crippen LogP contribution in [0, 0.1) is 5.92 Å². The number of nitrogens with one attached hydrogen (secondary N) is 1. The van der Waals surface area contributed by atoms with E-state index < -0.39 is 0 Å². The summed E-state index contributed by atoms with van der Waals surface area (Å²) < 4.78 is 0. The first-order valence-corrected chi connectivity index (χ1v) is 9.50. The molecule has 5 nitrogen and oxygen atoms in total. The fourth-order valence-electron chi connectivity index (χ4n) is 3.89. The number of carbonyl (C=O) groups excluding carboxylic acids is 2. The number of hydrogen-bond acceptors (Lipinski definition) is 2. The molecular formula is C20H29N3O2. The maximum atomic E-state index is 12.5. The normalized spacial score (nSPS) is 17.7. The Kier molecular flexibility index (Phi) is 5.95. The highest BCUT2D eigenvalue weighted by atomic mass is 16.2. The van der Waals surface area contributed by atoms with Gasteiger partial charge in [0.1, 0.15) is 0 Å². The van der Waals surface area contributed by atoms with Crippen LogP contribution in [0.4, 0.5) is 4.79 Å². The van der Waals surface area contributed by atoms with Crippen molar-refractivity contribution in [1.82, 2.24) is 15.1 Å². The van der Waals surface area contributed by atoms with E-state index in [0.29, 0.717) is 18.0 Å². The van der Waals surface area contributed by atoms with Gasteiger partial charge in [-0.1, -0.05) is 25.0 Å². The van der Waals surface area contributed by atoms with Crippen LogP contribution in [0.1, 0.15) is 54.4 Å². The second kappa shape index (κ2) is 8.37. The molecule has 0 unspecified atom stereocenters. The summed E-state index contributed by atoms with van der Waals surface area (Å²) in [6.07, 6.45) is 7.23. The Bertz CT molecular complexity index is 605. The van der Waals surface area contributed by atoms with Gasteiger partial charge in [0, 0.05) is 38.8 Å². The SMILES string of the molecule is CN(CC1CCCC1)C(=O)NCc1cccc(C(=O)N2CCCC2)c1. The predicted octanol–water partition coefficient (Wildman–Crippen LogP) is 3.25. The number of hydrogen-bond donors (Lipinski definition) is 1. The largest absolute Gasteiger partial charge is 0.339 e. The Morgan fingerprint density at radius 2 is 1.88 bits per heavy atom. The molecule has 0 atom stereocenters. The number of carbonyl (C=O) groups is 2. The van der Waals surface area contributed by atoms with Gasteiger partial charge < -0.3 is 15.1 Å². The van der Waals surface area contributed by atoms with Crippen LogP contribution in [0.5, 0.6) is 0 Å². The van der Waals surface area contributed by atoms with Crippen LogP contribution in [0.25, 0.3) is 0 Å². The molecule has 0 bridgehead atoms. The molecule has 1 saturated heterocycles. The van der Waals surface area contributed by atoms with E-state index in [4.69, 9.17) is 0 Å². The molecule has 0 radical (unpaired) electrons. The summed E-state index contributed by atoms with van der Waals surface area (Å²) in [7, 11) is 1.86. The summed E-state index contributed by atoms with van der Waals surface area (Å²) in [5.74, 6) is 0.751. The molecule has 1 heterocycles. The molecule has 1 N–H and O–H groups in total. The maximum Gasteiger partial charge on any atom is 0.317 e. The van der Waals surface area contributed by atoms with Crippen molar-refractivity contribution in [3.05, 3.63) is 35.4 Å². The molecule has 0 spiro atoms. The maximum absolute atomic E-state index is 12.5. The van der Waals surface area contributed by atoms with Gasteiger partial charge in [-0.2, -0.15) is 0 Å². The number of benzene rings is 1. The van der Waals surface area contributed by atoms with Crippen LogP contribution in [-0.2, 0) is 6.54 Å². The highest BCUT2D eigenvalue weighted by molar-refractivity contribution is 5.94. The van der Waals surface area contributed by atoms with E-state index in [9.17, 15) is 9.59 Å². The molecule has 0 aromatic heterocycles. The van der Waals surface area contributed by atoms with Gasteiger partial charge in [0.2, 0.25) is 0 Å². The number of amides is 3.